The topological polar surface area (TPSA) is 21.7 Å². The zero-order chi connectivity index (χ0) is 18.2. The highest BCUT2D eigenvalue weighted by atomic mass is 16.5. The molecule has 0 N–H and O–H groups in total. The van der Waals surface area contributed by atoms with Crippen LogP contribution in [-0.4, -0.2) is 37.8 Å². The molecule has 0 amide bonds. The fourth-order valence-electron chi connectivity index (χ4n) is 3.51. The Hall–Kier alpha value is -1.84. The summed E-state index contributed by atoms with van der Waals surface area (Å²) in [5.41, 5.74) is 2.77. The quantitative estimate of drug-likeness (QED) is 0.585. The number of nitrogens with zero attached hydrogens (tertiary/aromatic N) is 1. The third-order valence-corrected chi connectivity index (χ3v) is 5.30. The molecule has 26 heavy (non-hydrogen) atoms. The average molecular weight is 354 g/mol. The predicted molar refractivity (Wildman–Crippen MR) is 107 cm³/mol. The van der Waals surface area contributed by atoms with Crippen molar-refractivity contribution in [2.45, 2.75) is 38.8 Å². The number of benzene rings is 2. The van der Waals surface area contributed by atoms with Crippen LogP contribution < -0.4 is 4.74 Å². The van der Waals surface area contributed by atoms with Gasteiger partial charge in [-0.1, -0.05) is 42.5 Å². The lowest BCUT2D eigenvalue weighted by Crippen LogP contribution is -2.51. The highest BCUT2D eigenvalue weighted by Gasteiger charge is 2.31. The van der Waals surface area contributed by atoms with E-state index in [-0.39, 0.29) is 0 Å². The van der Waals surface area contributed by atoms with Crippen LogP contribution in [0.4, 0.5) is 0 Å². The number of rotatable bonds is 10. The van der Waals surface area contributed by atoms with Crippen LogP contribution in [0.2, 0.25) is 0 Å². The molecule has 2 aromatic rings. The third-order valence-electron chi connectivity index (χ3n) is 5.30. The van der Waals surface area contributed by atoms with Gasteiger partial charge in [0.1, 0.15) is 5.75 Å². The zero-order valence-corrected chi connectivity index (χ0v) is 16.1. The summed E-state index contributed by atoms with van der Waals surface area (Å²) in [6, 6.07) is 19.1. The van der Waals surface area contributed by atoms with Crippen molar-refractivity contribution in [3.63, 3.8) is 0 Å². The lowest BCUT2D eigenvalue weighted by atomic mass is 9.94. The van der Waals surface area contributed by atoms with Crippen molar-refractivity contribution in [2.24, 2.45) is 5.92 Å². The normalized spacial score (nSPS) is 16.2. The van der Waals surface area contributed by atoms with E-state index in [2.05, 4.69) is 54.3 Å². The second-order valence-corrected chi connectivity index (χ2v) is 7.32. The van der Waals surface area contributed by atoms with Gasteiger partial charge in [-0.25, -0.2) is 0 Å². The highest BCUT2D eigenvalue weighted by molar-refractivity contribution is 5.27. The summed E-state index contributed by atoms with van der Waals surface area (Å²) in [6.07, 6.45) is 3.85. The summed E-state index contributed by atoms with van der Waals surface area (Å²) in [7, 11) is 1.71. The van der Waals surface area contributed by atoms with E-state index in [0.717, 1.165) is 44.8 Å². The van der Waals surface area contributed by atoms with Crippen molar-refractivity contribution >= 4 is 0 Å². The summed E-state index contributed by atoms with van der Waals surface area (Å²) in [5.74, 6) is 1.59. The molecule has 1 saturated heterocycles. The number of likely N-dealkylation sites (tertiary alicyclic amines) is 1. The van der Waals surface area contributed by atoms with E-state index < -0.39 is 0 Å². The minimum absolute atomic E-state index is 0.360. The number of hydrogen-bond acceptors (Lipinski definition) is 3. The number of aryl methyl sites for hydroxylation is 1. The van der Waals surface area contributed by atoms with Crippen molar-refractivity contribution in [1.82, 2.24) is 4.90 Å². The molecule has 0 spiro atoms. The third kappa shape index (κ3) is 5.58. The van der Waals surface area contributed by atoms with Crippen LogP contribution in [0.15, 0.2) is 54.6 Å². The second kappa shape index (κ2) is 9.75. The summed E-state index contributed by atoms with van der Waals surface area (Å²) < 4.78 is 11.3. The average Bonchev–Trinajstić information content (AvgIpc) is 2.65. The lowest BCUT2D eigenvalue weighted by Gasteiger charge is -2.42. The van der Waals surface area contributed by atoms with Gasteiger partial charge >= 0.3 is 0 Å². The van der Waals surface area contributed by atoms with Crippen LogP contribution in [-0.2, 0) is 17.7 Å². The van der Waals surface area contributed by atoms with Crippen molar-refractivity contribution < 1.29 is 9.47 Å². The van der Waals surface area contributed by atoms with Crippen LogP contribution in [0.25, 0.3) is 0 Å². The molecule has 0 aliphatic carbocycles. The molecule has 0 unspecified atom stereocenters. The second-order valence-electron chi connectivity index (χ2n) is 7.32. The van der Waals surface area contributed by atoms with Gasteiger partial charge in [-0.15, -0.1) is 0 Å². The van der Waals surface area contributed by atoms with Crippen molar-refractivity contribution in [1.29, 1.82) is 0 Å². The molecule has 1 atom stereocenters. The number of ether oxygens (including phenoxy) is 2. The van der Waals surface area contributed by atoms with E-state index in [0.29, 0.717) is 12.0 Å². The first-order chi connectivity index (χ1) is 12.7. The van der Waals surface area contributed by atoms with Crippen molar-refractivity contribution in [3.05, 3.63) is 65.7 Å². The van der Waals surface area contributed by atoms with Gasteiger partial charge < -0.3 is 9.47 Å². The smallest absolute Gasteiger partial charge is 0.118 e. The van der Waals surface area contributed by atoms with Crippen LogP contribution >= 0.6 is 0 Å². The van der Waals surface area contributed by atoms with Gasteiger partial charge in [0.05, 0.1) is 13.2 Å². The van der Waals surface area contributed by atoms with E-state index in [1.165, 1.54) is 17.5 Å². The van der Waals surface area contributed by atoms with E-state index in [4.69, 9.17) is 9.47 Å². The molecule has 3 nitrogen and oxygen atoms in total. The van der Waals surface area contributed by atoms with E-state index >= 15 is 0 Å². The van der Waals surface area contributed by atoms with Gasteiger partial charge in [0.25, 0.3) is 0 Å². The molecule has 1 aliphatic rings. The Morgan fingerprint density at radius 3 is 2.38 bits per heavy atom. The largest absolute Gasteiger partial charge is 0.497 e. The number of unbranched alkanes of at least 4 members (excludes halogenated alkanes) is 1. The first-order valence-corrected chi connectivity index (χ1v) is 9.75. The van der Waals surface area contributed by atoms with Crippen LogP contribution in [0.5, 0.6) is 5.75 Å². The van der Waals surface area contributed by atoms with Gasteiger partial charge in [-0.05, 0) is 49.4 Å². The standard InChI is InChI=1S/C23H31NO2/c1-19(26-15-7-6-10-20-8-4-3-5-9-20)22-17-24(18-22)16-21-11-13-23(25-2)14-12-21/h3-5,8-9,11-14,19,22H,6-7,10,15-18H2,1-2H3/t19-/m1/s1. The highest BCUT2D eigenvalue weighted by Crippen LogP contribution is 2.24. The molecule has 0 radical (unpaired) electrons. The molecule has 1 fully saturated rings. The monoisotopic (exact) mass is 353 g/mol. The minimum Gasteiger partial charge on any atom is -0.497 e. The first-order valence-electron chi connectivity index (χ1n) is 9.75. The molecule has 1 aliphatic heterocycles. The molecular weight excluding hydrogens is 322 g/mol. The molecule has 2 aromatic carbocycles. The molecule has 0 bridgehead atoms. The van der Waals surface area contributed by atoms with Crippen molar-refractivity contribution in [2.75, 3.05) is 26.8 Å². The molecule has 0 aromatic heterocycles. The maximum absolute atomic E-state index is 6.07. The van der Waals surface area contributed by atoms with E-state index in [1.54, 1.807) is 7.11 Å². The SMILES string of the molecule is COc1ccc(CN2CC([C@@H](C)OCCCCc3ccccc3)C2)cc1. The van der Waals surface area contributed by atoms with Crippen LogP contribution in [0.3, 0.4) is 0 Å². The first kappa shape index (κ1) is 18.9. The minimum atomic E-state index is 0.360. The van der Waals surface area contributed by atoms with Crippen LogP contribution in [0.1, 0.15) is 30.9 Å². The molecular formula is C23H31NO2. The molecule has 0 saturated carbocycles. The molecule has 1 heterocycles. The Kier molecular flexibility index (Phi) is 7.10. The molecule has 3 heteroatoms. The predicted octanol–water partition coefficient (Wildman–Crippen LogP) is 4.56. The maximum atomic E-state index is 6.07. The van der Waals surface area contributed by atoms with Crippen molar-refractivity contribution in [3.8, 4) is 5.75 Å². The lowest BCUT2D eigenvalue weighted by molar-refractivity contribution is -0.0439. The Labute approximate surface area is 157 Å². The molecule has 140 valence electrons. The Morgan fingerprint density at radius 2 is 1.69 bits per heavy atom. The summed E-state index contributed by atoms with van der Waals surface area (Å²) in [4.78, 5) is 2.49. The Balaban J connectivity index is 1.26. The Bertz CT molecular complexity index is 635. The van der Waals surface area contributed by atoms with Gasteiger partial charge in [-0.3, -0.25) is 4.90 Å². The van der Waals surface area contributed by atoms with E-state index in [9.17, 15) is 0 Å². The van der Waals surface area contributed by atoms with Gasteiger partial charge in [0.2, 0.25) is 0 Å². The number of hydrogen-bond donors (Lipinski definition) is 0. The summed E-state index contributed by atoms with van der Waals surface area (Å²) in [5, 5.41) is 0. The fraction of sp³-hybridized carbons (Fsp3) is 0.478. The van der Waals surface area contributed by atoms with Gasteiger partial charge in [-0.2, -0.15) is 0 Å². The summed E-state index contributed by atoms with van der Waals surface area (Å²) >= 11 is 0. The molecule has 3 rings (SSSR count). The van der Waals surface area contributed by atoms with Crippen LogP contribution in [0, 0.1) is 5.92 Å². The number of methoxy groups -OCH3 is 1. The zero-order valence-electron chi connectivity index (χ0n) is 16.1. The summed E-state index contributed by atoms with van der Waals surface area (Å²) in [6.45, 7) is 6.40. The van der Waals surface area contributed by atoms with Gasteiger partial charge in [0.15, 0.2) is 0 Å². The van der Waals surface area contributed by atoms with E-state index in [1.807, 2.05) is 12.1 Å². The Morgan fingerprint density at radius 1 is 0.962 bits per heavy atom. The fourth-order valence-corrected chi connectivity index (χ4v) is 3.51. The van der Waals surface area contributed by atoms with Gasteiger partial charge in [0, 0.05) is 32.2 Å². The maximum Gasteiger partial charge on any atom is 0.118 e.